The number of amides is 1. The molecule has 130 valence electrons. The van der Waals surface area contributed by atoms with Crippen LogP contribution in [0.4, 0.5) is 5.69 Å². The molecule has 8 heteroatoms. The Morgan fingerprint density at radius 3 is 2.92 bits per heavy atom. The number of nitrogens with zero attached hydrogens (tertiary/aromatic N) is 4. The van der Waals surface area contributed by atoms with Crippen molar-refractivity contribution in [3.63, 3.8) is 0 Å². The molecule has 26 heavy (non-hydrogen) atoms. The number of hydrogen-bond acceptors (Lipinski definition) is 5. The molecule has 0 saturated carbocycles. The van der Waals surface area contributed by atoms with Crippen LogP contribution in [0.5, 0.6) is 0 Å². The molecular weight excluding hydrogens is 370 g/mol. The van der Waals surface area contributed by atoms with E-state index in [1.165, 1.54) is 11.8 Å². The van der Waals surface area contributed by atoms with Crippen molar-refractivity contribution in [2.75, 3.05) is 11.1 Å². The number of carbonyl (C=O) groups excluding carboxylic acids is 1. The van der Waals surface area contributed by atoms with Crippen LogP contribution in [0.3, 0.4) is 0 Å². The predicted molar refractivity (Wildman–Crippen MR) is 102 cm³/mol. The van der Waals surface area contributed by atoms with Crippen LogP contribution in [0, 0.1) is 18.3 Å². The minimum absolute atomic E-state index is 0.137. The van der Waals surface area contributed by atoms with E-state index in [1.54, 1.807) is 35.2 Å². The summed E-state index contributed by atoms with van der Waals surface area (Å²) in [4.78, 5) is 12.2. The Labute approximate surface area is 159 Å². The highest BCUT2D eigenvalue weighted by Crippen LogP contribution is 2.24. The Hall–Kier alpha value is -2.82. The van der Waals surface area contributed by atoms with Crippen molar-refractivity contribution >= 4 is 35.0 Å². The Balaban J connectivity index is 1.69. The van der Waals surface area contributed by atoms with E-state index in [1.807, 2.05) is 25.1 Å². The Kier molecular flexibility index (Phi) is 5.56. The molecule has 0 spiro atoms. The number of halogens is 1. The molecule has 1 aromatic heterocycles. The van der Waals surface area contributed by atoms with Crippen LogP contribution in [0.15, 0.2) is 53.9 Å². The fraction of sp³-hybridized carbons (Fsp3) is 0.111. The Morgan fingerprint density at radius 1 is 1.35 bits per heavy atom. The minimum Gasteiger partial charge on any atom is -0.324 e. The maximum absolute atomic E-state index is 12.2. The molecule has 1 amide bonds. The van der Waals surface area contributed by atoms with Gasteiger partial charge < -0.3 is 5.32 Å². The van der Waals surface area contributed by atoms with Crippen LogP contribution in [0.25, 0.3) is 5.69 Å². The second-order valence-corrected chi connectivity index (χ2v) is 6.76. The maximum atomic E-state index is 12.2. The molecule has 1 N–H and O–H groups in total. The van der Waals surface area contributed by atoms with Crippen LogP contribution in [0.1, 0.15) is 11.1 Å². The van der Waals surface area contributed by atoms with Gasteiger partial charge in [-0.1, -0.05) is 41.6 Å². The molecule has 0 radical (unpaired) electrons. The summed E-state index contributed by atoms with van der Waals surface area (Å²) in [5.41, 5.74) is 2.72. The third kappa shape index (κ3) is 4.04. The number of rotatable bonds is 5. The molecule has 0 fully saturated rings. The molecule has 0 saturated heterocycles. The molecule has 3 aromatic rings. The number of carbonyl (C=O) groups is 1. The minimum atomic E-state index is -0.228. The summed E-state index contributed by atoms with van der Waals surface area (Å²) in [6.45, 7) is 1.93. The highest BCUT2D eigenvalue weighted by Gasteiger charge is 2.12. The molecule has 2 aromatic carbocycles. The van der Waals surface area contributed by atoms with Gasteiger partial charge in [0.15, 0.2) is 5.16 Å². The third-order valence-electron chi connectivity index (χ3n) is 3.60. The van der Waals surface area contributed by atoms with E-state index < -0.39 is 0 Å². The predicted octanol–water partition coefficient (Wildman–Crippen LogP) is 3.83. The zero-order valence-electron chi connectivity index (χ0n) is 13.8. The maximum Gasteiger partial charge on any atom is 0.234 e. The number of para-hydroxylation sites is 1. The molecular formula is C18H14ClN5OS. The van der Waals surface area contributed by atoms with Gasteiger partial charge in [-0.2, -0.15) is 5.26 Å². The number of hydrogen-bond donors (Lipinski definition) is 1. The van der Waals surface area contributed by atoms with E-state index in [0.717, 1.165) is 11.3 Å². The molecule has 0 unspecified atom stereocenters. The number of thioether (sulfide) groups is 1. The fourth-order valence-electron chi connectivity index (χ4n) is 2.24. The van der Waals surface area contributed by atoms with Crippen LogP contribution in [-0.4, -0.2) is 26.4 Å². The molecule has 0 bridgehead atoms. The normalized spacial score (nSPS) is 10.3. The Morgan fingerprint density at radius 2 is 2.15 bits per heavy atom. The highest BCUT2D eigenvalue weighted by molar-refractivity contribution is 7.99. The third-order valence-corrected chi connectivity index (χ3v) is 4.95. The van der Waals surface area contributed by atoms with Gasteiger partial charge >= 0.3 is 0 Å². The summed E-state index contributed by atoms with van der Waals surface area (Å²) in [6, 6.07) is 14.6. The smallest absolute Gasteiger partial charge is 0.234 e. The van der Waals surface area contributed by atoms with Gasteiger partial charge in [0.2, 0.25) is 5.91 Å². The van der Waals surface area contributed by atoms with Crippen molar-refractivity contribution in [1.29, 1.82) is 5.26 Å². The summed E-state index contributed by atoms with van der Waals surface area (Å²) in [6.07, 6.45) is 1.58. The summed E-state index contributed by atoms with van der Waals surface area (Å²) >= 11 is 7.43. The van der Waals surface area contributed by atoms with Gasteiger partial charge in [0.05, 0.1) is 22.7 Å². The Bertz CT molecular complexity index is 995. The first-order chi connectivity index (χ1) is 12.6. The van der Waals surface area contributed by atoms with E-state index in [4.69, 9.17) is 16.9 Å². The van der Waals surface area contributed by atoms with Gasteiger partial charge in [-0.3, -0.25) is 9.36 Å². The van der Waals surface area contributed by atoms with Gasteiger partial charge in [0.1, 0.15) is 12.4 Å². The topological polar surface area (TPSA) is 83.6 Å². The molecule has 0 atom stereocenters. The van der Waals surface area contributed by atoms with E-state index in [0.29, 0.717) is 21.4 Å². The number of aromatic nitrogens is 3. The summed E-state index contributed by atoms with van der Waals surface area (Å²) < 4.78 is 1.77. The van der Waals surface area contributed by atoms with Crippen molar-refractivity contribution in [1.82, 2.24) is 14.8 Å². The largest absolute Gasteiger partial charge is 0.324 e. The van der Waals surface area contributed by atoms with Crippen molar-refractivity contribution in [2.45, 2.75) is 12.1 Å². The first kappa shape index (κ1) is 18.0. The van der Waals surface area contributed by atoms with Gasteiger partial charge in [-0.15, -0.1) is 10.2 Å². The van der Waals surface area contributed by atoms with Crippen LogP contribution in [-0.2, 0) is 4.79 Å². The fourth-order valence-corrected chi connectivity index (χ4v) is 3.14. The van der Waals surface area contributed by atoms with Crippen molar-refractivity contribution in [2.24, 2.45) is 0 Å². The summed E-state index contributed by atoms with van der Waals surface area (Å²) in [5, 5.41) is 21.0. The second kappa shape index (κ2) is 8.04. The highest BCUT2D eigenvalue weighted by atomic mass is 35.5. The molecule has 0 aliphatic rings. The van der Waals surface area contributed by atoms with E-state index in [9.17, 15) is 4.79 Å². The molecule has 3 rings (SSSR count). The lowest BCUT2D eigenvalue weighted by molar-refractivity contribution is -0.113. The van der Waals surface area contributed by atoms with Crippen LogP contribution >= 0.6 is 23.4 Å². The standard InChI is InChI=1S/C18H14ClN5OS/c1-12-6-7-14(8-15(12)19)24-11-21-23-18(24)26-10-17(25)22-16-5-3-2-4-13(16)9-20/h2-8,11H,10H2,1H3,(H,22,25). The van der Waals surface area contributed by atoms with Gasteiger partial charge in [-0.05, 0) is 36.8 Å². The molecule has 1 heterocycles. The quantitative estimate of drug-likeness (QED) is 0.677. The average Bonchev–Trinajstić information content (AvgIpc) is 3.11. The lowest BCUT2D eigenvalue weighted by atomic mass is 10.2. The summed E-state index contributed by atoms with van der Waals surface area (Å²) in [5.74, 6) is -0.0906. The lowest BCUT2D eigenvalue weighted by Crippen LogP contribution is -2.15. The number of anilines is 1. The molecule has 6 nitrogen and oxygen atoms in total. The number of aryl methyl sites for hydroxylation is 1. The monoisotopic (exact) mass is 383 g/mol. The lowest BCUT2D eigenvalue weighted by Gasteiger charge is -2.09. The zero-order chi connectivity index (χ0) is 18.5. The number of nitriles is 1. The van der Waals surface area contributed by atoms with Crippen LogP contribution in [0.2, 0.25) is 5.02 Å². The summed E-state index contributed by atoms with van der Waals surface area (Å²) in [7, 11) is 0. The van der Waals surface area contributed by atoms with Crippen molar-refractivity contribution < 1.29 is 4.79 Å². The van der Waals surface area contributed by atoms with Crippen LogP contribution < -0.4 is 5.32 Å². The van der Waals surface area contributed by atoms with Gasteiger partial charge in [0.25, 0.3) is 0 Å². The van der Waals surface area contributed by atoms with Gasteiger partial charge in [-0.25, -0.2) is 0 Å². The SMILES string of the molecule is Cc1ccc(-n2cnnc2SCC(=O)Nc2ccccc2C#N)cc1Cl. The van der Waals surface area contributed by atoms with E-state index in [-0.39, 0.29) is 11.7 Å². The van der Waals surface area contributed by atoms with E-state index >= 15 is 0 Å². The van der Waals surface area contributed by atoms with Gasteiger partial charge in [0, 0.05) is 5.02 Å². The molecule has 0 aliphatic carbocycles. The van der Waals surface area contributed by atoms with E-state index in [2.05, 4.69) is 21.6 Å². The first-order valence-electron chi connectivity index (χ1n) is 7.67. The first-order valence-corrected chi connectivity index (χ1v) is 9.03. The zero-order valence-corrected chi connectivity index (χ0v) is 15.4. The van der Waals surface area contributed by atoms with Crippen molar-refractivity contribution in [3.05, 3.63) is 64.9 Å². The molecule has 0 aliphatic heterocycles. The average molecular weight is 384 g/mol. The van der Waals surface area contributed by atoms with Crippen molar-refractivity contribution in [3.8, 4) is 11.8 Å². The number of nitrogens with one attached hydrogen (secondary N) is 1. The number of benzene rings is 2. The second-order valence-electron chi connectivity index (χ2n) is 5.41.